The molecule has 0 radical (unpaired) electrons. The molecule has 0 saturated heterocycles. The highest BCUT2D eigenvalue weighted by Gasteiger charge is 2.10. The summed E-state index contributed by atoms with van der Waals surface area (Å²) in [6.07, 6.45) is 2.30. The second-order valence-corrected chi connectivity index (χ2v) is 6.67. The summed E-state index contributed by atoms with van der Waals surface area (Å²) in [6.45, 7) is 4.07. The summed E-state index contributed by atoms with van der Waals surface area (Å²) in [5.74, 6) is 0.918. The monoisotopic (exact) mass is 350 g/mol. The predicted molar refractivity (Wildman–Crippen MR) is 91.2 cm³/mol. The Balaban J connectivity index is 2.13. The van der Waals surface area contributed by atoms with Crippen LogP contribution in [0.4, 0.5) is 0 Å². The van der Waals surface area contributed by atoms with Gasteiger partial charge in [0.15, 0.2) is 0 Å². The molecule has 0 fully saturated rings. The van der Waals surface area contributed by atoms with Crippen LogP contribution in [0.3, 0.4) is 0 Å². The average Bonchev–Trinajstić information content (AvgIpc) is 2.47. The SMILES string of the molecule is CSc1ccc(C(Br)c2ccc(OC(C)C)cc2)cc1. The Morgan fingerprint density at radius 3 is 1.85 bits per heavy atom. The topological polar surface area (TPSA) is 9.23 Å². The first kappa shape index (κ1) is 15.5. The number of rotatable bonds is 5. The maximum Gasteiger partial charge on any atom is 0.119 e. The molecule has 0 aromatic heterocycles. The van der Waals surface area contributed by atoms with Crippen molar-refractivity contribution in [2.75, 3.05) is 6.26 Å². The van der Waals surface area contributed by atoms with Gasteiger partial charge < -0.3 is 4.74 Å². The van der Waals surface area contributed by atoms with Crippen molar-refractivity contribution in [1.29, 1.82) is 0 Å². The summed E-state index contributed by atoms with van der Waals surface area (Å²) in [5, 5.41) is 0. The molecule has 1 unspecified atom stereocenters. The molecule has 0 aliphatic rings. The molecule has 2 rings (SSSR count). The number of halogens is 1. The van der Waals surface area contributed by atoms with Crippen LogP contribution in [0, 0.1) is 0 Å². The summed E-state index contributed by atoms with van der Waals surface area (Å²) in [5.41, 5.74) is 2.50. The van der Waals surface area contributed by atoms with E-state index in [-0.39, 0.29) is 10.9 Å². The van der Waals surface area contributed by atoms with E-state index in [2.05, 4.69) is 58.6 Å². The van der Waals surface area contributed by atoms with Gasteiger partial charge >= 0.3 is 0 Å². The molecule has 0 amide bonds. The van der Waals surface area contributed by atoms with Crippen molar-refractivity contribution in [3.8, 4) is 5.75 Å². The molecule has 1 nitrogen and oxygen atoms in total. The van der Waals surface area contributed by atoms with Crippen molar-refractivity contribution < 1.29 is 4.74 Å². The van der Waals surface area contributed by atoms with Crippen LogP contribution in [-0.2, 0) is 0 Å². The van der Waals surface area contributed by atoms with Crippen molar-refractivity contribution in [2.24, 2.45) is 0 Å². The van der Waals surface area contributed by atoms with E-state index in [1.165, 1.54) is 16.0 Å². The molecule has 2 aromatic carbocycles. The zero-order valence-corrected chi connectivity index (χ0v) is 14.4. The third kappa shape index (κ3) is 4.03. The molecular weight excluding hydrogens is 332 g/mol. The molecule has 0 saturated carbocycles. The van der Waals surface area contributed by atoms with Gasteiger partial charge in [-0.3, -0.25) is 0 Å². The van der Waals surface area contributed by atoms with E-state index in [1.54, 1.807) is 11.8 Å². The van der Waals surface area contributed by atoms with E-state index in [4.69, 9.17) is 4.74 Å². The quantitative estimate of drug-likeness (QED) is 0.506. The highest BCUT2D eigenvalue weighted by molar-refractivity contribution is 9.09. The molecule has 2 aromatic rings. The first-order valence-electron chi connectivity index (χ1n) is 6.65. The van der Waals surface area contributed by atoms with Crippen LogP contribution in [0.5, 0.6) is 5.75 Å². The molecule has 0 N–H and O–H groups in total. The molecule has 0 spiro atoms. The number of benzene rings is 2. The van der Waals surface area contributed by atoms with Gasteiger partial charge in [-0.05, 0) is 55.5 Å². The van der Waals surface area contributed by atoms with Gasteiger partial charge in [-0.1, -0.05) is 40.2 Å². The van der Waals surface area contributed by atoms with Gasteiger partial charge in [-0.15, -0.1) is 11.8 Å². The van der Waals surface area contributed by atoms with E-state index in [0.717, 1.165) is 5.75 Å². The van der Waals surface area contributed by atoms with Gasteiger partial charge in [0.25, 0.3) is 0 Å². The van der Waals surface area contributed by atoms with Crippen LogP contribution in [0.1, 0.15) is 29.8 Å². The standard InChI is InChI=1S/C17H19BrOS/c1-12(2)19-15-8-4-13(5-9-15)17(18)14-6-10-16(20-3)11-7-14/h4-12,17H,1-3H3. The number of hydrogen-bond acceptors (Lipinski definition) is 2. The lowest BCUT2D eigenvalue weighted by Crippen LogP contribution is -2.05. The van der Waals surface area contributed by atoms with Crippen molar-refractivity contribution in [2.45, 2.75) is 29.7 Å². The smallest absolute Gasteiger partial charge is 0.119 e. The highest BCUT2D eigenvalue weighted by atomic mass is 79.9. The first-order chi connectivity index (χ1) is 9.60. The Bertz CT molecular complexity index is 534. The van der Waals surface area contributed by atoms with Crippen molar-refractivity contribution in [3.63, 3.8) is 0 Å². The second-order valence-electron chi connectivity index (χ2n) is 4.87. The summed E-state index contributed by atoms with van der Waals surface area (Å²) in [6, 6.07) is 16.9. The molecule has 0 aliphatic heterocycles. The normalized spacial score (nSPS) is 12.4. The molecular formula is C17H19BrOS. The van der Waals surface area contributed by atoms with Crippen LogP contribution in [0.15, 0.2) is 53.4 Å². The third-order valence-electron chi connectivity index (χ3n) is 2.95. The van der Waals surface area contributed by atoms with Crippen LogP contribution >= 0.6 is 27.7 Å². The Morgan fingerprint density at radius 1 is 0.900 bits per heavy atom. The van der Waals surface area contributed by atoms with Crippen molar-refractivity contribution >= 4 is 27.7 Å². The van der Waals surface area contributed by atoms with Gasteiger partial charge in [0, 0.05) is 4.90 Å². The minimum absolute atomic E-state index is 0.208. The van der Waals surface area contributed by atoms with E-state index >= 15 is 0 Å². The fourth-order valence-corrected chi connectivity index (χ4v) is 2.97. The molecule has 1 atom stereocenters. The van der Waals surface area contributed by atoms with Gasteiger partial charge in [0.2, 0.25) is 0 Å². The number of ether oxygens (including phenoxy) is 1. The number of hydrogen-bond donors (Lipinski definition) is 0. The van der Waals surface area contributed by atoms with Crippen LogP contribution < -0.4 is 4.74 Å². The Hall–Kier alpha value is -0.930. The summed E-state index contributed by atoms with van der Waals surface area (Å²) in [4.78, 5) is 1.50. The fourth-order valence-electron chi connectivity index (χ4n) is 1.95. The largest absolute Gasteiger partial charge is 0.491 e. The van der Waals surface area contributed by atoms with Gasteiger partial charge in [0.1, 0.15) is 5.75 Å². The second kappa shape index (κ2) is 7.19. The van der Waals surface area contributed by atoms with E-state index in [0.29, 0.717) is 0 Å². The van der Waals surface area contributed by atoms with E-state index in [1.807, 2.05) is 26.0 Å². The fraction of sp³-hybridized carbons (Fsp3) is 0.294. The first-order valence-corrected chi connectivity index (χ1v) is 8.79. The van der Waals surface area contributed by atoms with Crippen LogP contribution in [0.2, 0.25) is 0 Å². The molecule has 0 bridgehead atoms. The number of alkyl halides is 1. The lowest BCUT2D eigenvalue weighted by molar-refractivity contribution is 0.242. The van der Waals surface area contributed by atoms with E-state index < -0.39 is 0 Å². The Labute approximate surface area is 133 Å². The summed E-state index contributed by atoms with van der Waals surface area (Å²) < 4.78 is 5.67. The third-order valence-corrected chi connectivity index (χ3v) is 4.75. The molecule has 0 heterocycles. The average molecular weight is 351 g/mol. The lowest BCUT2D eigenvalue weighted by Gasteiger charge is -2.13. The molecule has 20 heavy (non-hydrogen) atoms. The zero-order chi connectivity index (χ0) is 14.5. The van der Waals surface area contributed by atoms with E-state index in [9.17, 15) is 0 Å². The molecule has 106 valence electrons. The lowest BCUT2D eigenvalue weighted by atomic mass is 10.0. The Kier molecular flexibility index (Phi) is 5.55. The summed E-state index contributed by atoms with van der Waals surface area (Å²) >= 11 is 5.53. The molecule has 3 heteroatoms. The van der Waals surface area contributed by atoms with Gasteiger partial charge in [-0.25, -0.2) is 0 Å². The minimum Gasteiger partial charge on any atom is -0.491 e. The van der Waals surface area contributed by atoms with Gasteiger partial charge in [-0.2, -0.15) is 0 Å². The van der Waals surface area contributed by atoms with Gasteiger partial charge in [0.05, 0.1) is 10.9 Å². The number of thioether (sulfide) groups is 1. The molecule has 0 aliphatic carbocycles. The van der Waals surface area contributed by atoms with Crippen LogP contribution in [0.25, 0.3) is 0 Å². The Morgan fingerprint density at radius 2 is 1.40 bits per heavy atom. The zero-order valence-electron chi connectivity index (χ0n) is 12.0. The summed E-state index contributed by atoms with van der Waals surface area (Å²) in [7, 11) is 0. The predicted octanol–water partition coefficient (Wildman–Crippen LogP) is 5.68. The van der Waals surface area contributed by atoms with Crippen molar-refractivity contribution in [3.05, 3.63) is 59.7 Å². The van der Waals surface area contributed by atoms with Crippen LogP contribution in [-0.4, -0.2) is 12.4 Å². The maximum atomic E-state index is 5.67. The highest BCUT2D eigenvalue weighted by Crippen LogP contribution is 2.32. The van der Waals surface area contributed by atoms with Crippen molar-refractivity contribution in [1.82, 2.24) is 0 Å². The minimum atomic E-state index is 0.208. The maximum absolute atomic E-state index is 5.67.